The number of nitrogens with zero attached hydrogens (tertiary/aromatic N) is 2. The van der Waals surface area contributed by atoms with Crippen molar-refractivity contribution in [2.75, 3.05) is 6.54 Å². The highest BCUT2D eigenvalue weighted by Crippen LogP contribution is 2.24. The molecule has 1 fully saturated rings. The molecule has 1 amide bonds. The molecule has 1 N–H and O–H groups in total. The van der Waals surface area contributed by atoms with Crippen molar-refractivity contribution in [3.8, 4) is 5.69 Å². The van der Waals surface area contributed by atoms with E-state index in [1.165, 1.54) is 17.5 Å². The molecule has 1 aromatic heterocycles. The number of rotatable bonds is 4. The summed E-state index contributed by atoms with van der Waals surface area (Å²) < 4.78 is 1.31. The van der Waals surface area contributed by atoms with Crippen LogP contribution in [0.3, 0.4) is 0 Å². The van der Waals surface area contributed by atoms with Crippen LogP contribution in [0.1, 0.15) is 36.2 Å². The normalized spacial score (nSPS) is 14.6. The molecule has 1 aliphatic carbocycles. The van der Waals surface area contributed by atoms with Gasteiger partial charge in [0, 0.05) is 11.9 Å². The molecule has 0 aliphatic heterocycles. The Morgan fingerprint density at radius 3 is 2.38 bits per heavy atom. The Kier molecular flexibility index (Phi) is 4.52. The monoisotopic (exact) mass is 347 g/mol. The van der Waals surface area contributed by atoms with E-state index in [0.29, 0.717) is 34.6 Å². The first kappa shape index (κ1) is 16.5. The van der Waals surface area contributed by atoms with Crippen molar-refractivity contribution in [2.24, 2.45) is 5.92 Å². The van der Waals surface area contributed by atoms with Gasteiger partial charge in [0.2, 0.25) is 0 Å². The Morgan fingerprint density at radius 2 is 1.65 bits per heavy atom. The predicted octanol–water partition coefficient (Wildman–Crippen LogP) is 3.31. The first-order chi connectivity index (χ1) is 12.7. The summed E-state index contributed by atoms with van der Waals surface area (Å²) in [5, 5.41) is 8.51. The van der Waals surface area contributed by atoms with E-state index < -0.39 is 0 Å². The number of aromatic nitrogens is 2. The number of hydrogen-bond donors (Lipinski definition) is 1. The van der Waals surface area contributed by atoms with Gasteiger partial charge in [0.1, 0.15) is 0 Å². The molecule has 1 saturated carbocycles. The van der Waals surface area contributed by atoms with Crippen molar-refractivity contribution in [3.05, 3.63) is 70.6 Å². The van der Waals surface area contributed by atoms with Crippen LogP contribution in [0.5, 0.6) is 0 Å². The van der Waals surface area contributed by atoms with E-state index in [9.17, 15) is 9.59 Å². The number of nitrogens with one attached hydrogen (secondary N) is 1. The number of para-hydroxylation sites is 1. The quantitative estimate of drug-likeness (QED) is 0.787. The minimum atomic E-state index is -0.224. The average molecular weight is 347 g/mol. The third-order valence-corrected chi connectivity index (χ3v) is 5.05. The van der Waals surface area contributed by atoms with Crippen molar-refractivity contribution in [3.63, 3.8) is 0 Å². The average Bonchev–Trinajstić information content (AvgIpc) is 3.21. The third-order valence-electron chi connectivity index (χ3n) is 5.05. The summed E-state index contributed by atoms with van der Waals surface area (Å²) >= 11 is 0. The zero-order valence-corrected chi connectivity index (χ0v) is 14.5. The Labute approximate surface area is 151 Å². The van der Waals surface area contributed by atoms with Crippen molar-refractivity contribution in [2.45, 2.75) is 25.7 Å². The molecule has 5 nitrogen and oxygen atoms in total. The van der Waals surface area contributed by atoms with Gasteiger partial charge < -0.3 is 5.32 Å². The van der Waals surface area contributed by atoms with E-state index >= 15 is 0 Å². The fraction of sp³-hybridized carbons (Fsp3) is 0.286. The van der Waals surface area contributed by atoms with Crippen LogP contribution < -0.4 is 10.9 Å². The van der Waals surface area contributed by atoms with Gasteiger partial charge in [0.15, 0.2) is 5.69 Å². The smallest absolute Gasteiger partial charge is 0.279 e. The van der Waals surface area contributed by atoms with Crippen molar-refractivity contribution >= 4 is 16.7 Å². The first-order valence-electron chi connectivity index (χ1n) is 9.10. The van der Waals surface area contributed by atoms with Crippen LogP contribution in [-0.2, 0) is 0 Å². The standard InChI is InChI=1S/C21H21N3O2/c25-20(22-14-15-8-4-5-9-15)19-17-12-6-7-13-18(17)21(26)24(23-19)16-10-2-1-3-11-16/h1-3,6-7,10-13,15H,4-5,8-9,14H2,(H,22,25). The summed E-state index contributed by atoms with van der Waals surface area (Å²) in [6, 6.07) is 16.3. The predicted molar refractivity (Wildman–Crippen MR) is 102 cm³/mol. The van der Waals surface area contributed by atoms with E-state index in [-0.39, 0.29) is 11.5 Å². The van der Waals surface area contributed by atoms with Gasteiger partial charge in [-0.05, 0) is 37.0 Å². The molecule has 1 heterocycles. The zero-order chi connectivity index (χ0) is 17.9. The lowest BCUT2D eigenvalue weighted by atomic mass is 10.1. The lowest BCUT2D eigenvalue weighted by Gasteiger charge is -2.13. The van der Waals surface area contributed by atoms with Crippen molar-refractivity contribution in [1.82, 2.24) is 15.1 Å². The highest BCUT2D eigenvalue weighted by Gasteiger charge is 2.20. The van der Waals surface area contributed by atoms with Gasteiger partial charge >= 0.3 is 0 Å². The van der Waals surface area contributed by atoms with Gasteiger partial charge in [-0.25, -0.2) is 0 Å². The highest BCUT2D eigenvalue weighted by atomic mass is 16.2. The fourth-order valence-electron chi connectivity index (χ4n) is 3.64. The van der Waals surface area contributed by atoms with Crippen LogP contribution in [0.15, 0.2) is 59.4 Å². The maximum Gasteiger partial charge on any atom is 0.279 e. The molecule has 3 aromatic rings. The summed E-state index contributed by atoms with van der Waals surface area (Å²) in [5.41, 5.74) is 0.717. The molecule has 0 radical (unpaired) electrons. The van der Waals surface area contributed by atoms with Crippen molar-refractivity contribution in [1.29, 1.82) is 0 Å². The summed E-state index contributed by atoms with van der Waals surface area (Å²) in [6.45, 7) is 0.666. The lowest BCUT2D eigenvalue weighted by Crippen LogP contribution is -2.32. The van der Waals surface area contributed by atoms with E-state index in [1.807, 2.05) is 36.4 Å². The number of fused-ring (bicyclic) bond motifs is 1. The second kappa shape index (κ2) is 7.12. The van der Waals surface area contributed by atoms with Gasteiger partial charge in [-0.2, -0.15) is 9.78 Å². The Hall–Kier alpha value is -2.95. The molecular weight excluding hydrogens is 326 g/mol. The SMILES string of the molecule is O=C(NCC1CCCC1)c1nn(-c2ccccc2)c(=O)c2ccccc12. The number of benzene rings is 2. The van der Waals surface area contributed by atoms with Crippen LogP contribution in [0, 0.1) is 5.92 Å². The van der Waals surface area contributed by atoms with Gasteiger partial charge in [0.05, 0.1) is 11.1 Å². The second-order valence-electron chi connectivity index (χ2n) is 6.81. The Morgan fingerprint density at radius 1 is 1.00 bits per heavy atom. The Balaban J connectivity index is 1.76. The van der Waals surface area contributed by atoms with Gasteiger partial charge in [-0.3, -0.25) is 9.59 Å². The number of carbonyl (C=O) groups excluding carboxylic acids is 1. The number of hydrogen-bond acceptors (Lipinski definition) is 3. The largest absolute Gasteiger partial charge is 0.350 e. The van der Waals surface area contributed by atoms with Gasteiger partial charge in [0.25, 0.3) is 11.5 Å². The summed E-state index contributed by atoms with van der Waals surface area (Å²) in [6.07, 6.45) is 4.80. The molecular formula is C21H21N3O2. The van der Waals surface area contributed by atoms with E-state index in [0.717, 1.165) is 12.8 Å². The number of carbonyl (C=O) groups is 1. The molecule has 0 unspecified atom stereocenters. The molecule has 0 atom stereocenters. The minimum Gasteiger partial charge on any atom is -0.350 e. The molecule has 26 heavy (non-hydrogen) atoms. The van der Waals surface area contributed by atoms with Gasteiger partial charge in [-0.1, -0.05) is 49.2 Å². The van der Waals surface area contributed by atoms with Crippen molar-refractivity contribution < 1.29 is 4.79 Å². The van der Waals surface area contributed by atoms with E-state index in [4.69, 9.17) is 0 Å². The molecule has 132 valence electrons. The molecule has 5 heteroatoms. The summed E-state index contributed by atoms with van der Waals surface area (Å²) in [4.78, 5) is 25.7. The molecule has 2 aromatic carbocycles. The minimum absolute atomic E-state index is 0.223. The van der Waals surface area contributed by atoms with Crippen LogP contribution >= 0.6 is 0 Å². The topological polar surface area (TPSA) is 64.0 Å². The maximum atomic E-state index is 12.8. The zero-order valence-electron chi connectivity index (χ0n) is 14.5. The van der Waals surface area contributed by atoms with E-state index in [1.54, 1.807) is 18.2 Å². The highest BCUT2D eigenvalue weighted by molar-refractivity contribution is 6.04. The fourth-order valence-corrected chi connectivity index (χ4v) is 3.64. The first-order valence-corrected chi connectivity index (χ1v) is 9.10. The third kappa shape index (κ3) is 3.12. The molecule has 1 aliphatic rings. The number of amides is 1. The molecule has 0 spiro atoms. The molecule has 4 rings (SSSR count). The second-order valence-corrected chi connectivity index (χ2v) is 6.81. The van der Waals surface area contributed by atoms with Crippen LogP contribution in [0.2, 0.25) is 0 Å². The summed E-state index contributed by atoms with van der Waals surface area (Å²) in [5.74, 6) is 0.322. The summed E-state index contributed by atoms with van der Waals surface area (Å²) in [7, 11) is 0. The van der Waals surface area contributed by atoms with Gasteiger partial charge in [-0.15, -0.1) is 0 Å². The van der Waals surface area contributed by atoms with E-state index in [2.05, 4.69) is 10.4 Å². The molecule has 0 bridgehead atoms. The Bertz CT molecular complexity index is 989. The maximum absolute atomic E-state index is 12.8. The lowest BCUT2D eigenvalue weighted by molar-refractivity contribution is 0.0942. The van der Waals surface area contributed by atoms with Crippen LogP contribution in [-0.4, -0.2) is 22.2 Å². The van der Waals surface area contributed by atoms with Crippen LogP contribution in [0.25, 0.3) is 16.5 Å². The molecule has 0 saturated heterocycles. The van der Waals surface area contributed by atoms with Crippen LogP contribution in [0.4, 0.5) is 0 Å².